The van der Waals surface area contributed by atoms with E-state index in [1.807, 2.05) is 13.0 Å². The first-order valence-electron chi connectivity index (χ1n) is 9.92. The zero-order valence-electron chi connectivity index (χ0n) is 17.2. The van der Waals surface area contributed by atoms with Gasteiger partial charge in [0.25, 0.3) is 5.56 Å². The topological polar surface area (TPSA) is 110 Å². The predicted octanol–water partition coefficient (Wildman–Crippen LogP) is 2.07. The normalized spacial score (nSPS) is 14.2. The molecule has 9 heteroatoms. The summed E-state index contributed by atoms with van der Waals surface area (Å²) in [4.78, 5) is 45.4. The quantitative estimate of drug-likeness (QED) is 0.624. The minimum atomic E-state index is -0.280. The number of amides is 2. The monoisotopic (exact) mass is 409 g/mol. The van der Waals surface area contributed by atoms with Gasteiger partial charge in [0, 0.05) is 19.9 Å². The van der Waals surface area contributed by atoms with Crippen molar-refractivity contribution in [2.24, 2.45) is 7.05 Å². The van der Waals surface area contributed by atoms with Crippen LogP contribution in [0, 0.1) is 6.92 Å². The molecule has 30 heavy (non-hydrogen) atoms. The number of nitrogens with zero attached hydrogens (tertiary/aromatic N) is 4. The molecule has 3 aromatic rings. The number of aromatic amines is 1. The first kappa shape index (κ1) is 19.8. The SMILES string of the molecule is CCCOc1ccc(CN2C(=O)CCC2=O)cc1-c1nc2c(c(C)nn2C)c(=O)[nH]1. The van der Waals surface area contributed by atoms with Crippen LogP contribution in [-0.4, -0.2) is 43.1 Å². The summed E-state index contributed by atoms with van der Waals surface area (Å²) in [5, 5.41) is 4.73. The molecule has 0 bridgehead atoms. The third-order valence-corrected chi connectivity index (χ3v) is 5.12. The number of carbonyl (C=O) groups is 2. The van der Waals surface area contributed by atoms with Gasteiger partial charge in [-0.05, 0) is 31.0 Å². The van der Waals surface area contributed by atoms with Gasteiger partial charge in [-0.15, -0.1) is 0 Å². The van der Waals surface area contributed by atoms with Gasteiger partial charge in [-0.2, -0.15) is 5.10 Å². The molecule has 1 fully saturated rings. The Kier molecular flexibility index (Phi) is 5.11. The van der Waals surface area contributed by atoms with E-state index in [2.05, 4.69) is 15.1 Å². The van der Waals surface area contributed by atoms with Crippen molar-refractivity contribution < 1.29 is 14.3 Å². The lowest BCUT2D eigenvalue weighted by Crippen LogP contribution is -2.28. The zero-order chi connectivity index (χ0) is 21.4. The average Bonchev–Trinajstić information content (AvgIpc) is 3.19. The van der Waals surface area contributed by atoms with Gasteiger partial charge in [0.2, 0.25) is 11.8 Å². The number of fused-ring (bicyclic) bond motifs is 1. The van der Waals surface area contributed by atoms with Crippen LogP contribution in [0.3, 0.4) is 0 Å². The first-order valence-corrected chi connectivity index (χ1v) is 9.92. The van der Waals surface area contributed by atoms with Crippen molar-refractivity contribution >= 4 is 22.8 Å². The van der Waals surface area contributed by atoms with Crippen molar-refractivity contribution in [3.63, 3.8) is 0 Å². The van der Waals surface area contributed by atoms with Gasteiger partial charge in [0.1, 0.15) is 17.0 Å². The van der Waals surface area contributed by atoms with E-state index in [1.54, 1.807) is 30.8 Å². The molecule has 0 radical (unpaired) electrons. The van der Waals surface area contributed by atoms with E-state index in [9.17, 15) is 14.4 Å². The van der Waals surface area contributed by atoms with Crippen LogP contribution in [0.25, 0.3) is 22.4 Å². The third kappa shape index (κ3) is 3.47. The fourth-order valence-corrected chi connectivity index (χ4v) is 3.65. The number of likely N-dealkylation sites (tertiary alicyclic amines) is 1. The Hall–Kier alpha value is -3.49. The molecular weight excluding hydrogens is 386 g/mol. The van der Waals surface area contributed by atoms with E-state index in [1.165, 1.54) is 4.90 Å². The molecule has 156 valence electrons. The molecule has 3 heterocycles. The summed E-state index contributed by atoms with van der Waals surface area (Å²) < 4.78 is 7.43. The number of carbonyl (C=O) groups excluding carboxylic acids is 2. The Morgan fingerprint density at radius 1 is 1.17 bits per heavy atom. The zero-order valence-corrected chi connectivity index (χ0v) is 17.2. The summed E-state index contributed by atoms with van der Waals surface area (Å²) in [7, 11) is 1.74. The van der Waals surface area contributed by atoms with Crippen molar-refractivity contribution in [3.8, 4) is 17.1 Å². The molecule has 0 spiro atoms. The molecule has 1 aliphatic heterocycles. The Balaban J connectivity index is 1.81. The Morgan fingerprint density at radius 3 is 2.60 bits per heavy atom. The molecule has 1 saturated heterocycles. The summed E-state index contributed by atoms with van der Waals surface area (Å²) in [5.74, 6) is 0.570. The first-order chi connectivity index (χ1) is 14.4. The lowest BCUT2D eigenvalue weighted by Gasteiger charge is -2.16. The minimum Gasteiger partial charge on any atom is -0.493 e. The lowest BCUT2D eigenvalue weighted by molar-refractivity contribution is -0.139. The molecule has 4 rings (SSSR count). The molecule has 1 aliphatic rings. The Morgan fingerprint density at radius 2 is 1.90 bits per heavy atom. The number of imide groups is 1. The maximum atomic E-state index is 12.7. The van der Waals surface area contributed by atoms with E-state index in [4.69, 9.17) is 4.74 Å². The molecule has 2 amide bonds. The van der Waals surface area contributed by atoms with Crippen LogP contribution in [-0.2, 0) is 23.2 Å². The van der Waals surface area contributed by atoms with E-state index in [0.29, 0.717) is 40.5 Å². The second-order valence-corrected chi connectivity index (χ2v) is 7.37. The molecule has 0 saturated carbocycles. The van der Waals surface area contributed by atoms with Crippen LogP contribution in [0.1, 0.15) is 37.4 Å². The Labute approximate surface area is 172 Å². The van der Waals surface area contributed by atoms with E-state index < -0.39 is 0 Å². The number of ether oxygens (including phenoxy) is 1. The second kappa shape index (κ2) is 7.74. The Bertz CT molecular complexity index is 1190. The summed E-state index contributed by atoms with van der Waals surface area (Å²) in [6, 6.07) is 5.40. The molecule has 2 aromatic heterocycles. The third-order valence-electron chi connectivity index (χ3n) is 5.12. The second-order valence-electron chi connectivity index (χ2n) is 7.37. The van der Waals surface area contributed by atoms with Crippen LogP contribution >= 0.6 is 0 Å². The maximum Gasteiger partial charge on any atom is 0.262 e. The number of H-pyrrole nitrogens is 1. The van der Waals surface area contributed by atoms with Gasteiger partial charge in [-0.1, -0.05) is 13.0 Å². The highest BCUT2D eigenvalue weighted by Crippen LogP contribution is 2.30. The molecule has 0 atom stereocenters. The van der Waals surface area contributed by atoms with Crippen LogP contribution < -0.4 is 10.3 Å². The molecule has 1 aromatic carbocycles. The molecule has 0 unspecified atom stereocenters. The van der Waals surface area contributed by atoms with Crippen molar-refractivity contribution in [3.05, 3.63) is 39.8 Å². The summed E-state index contributed by atoms with van der Waals surface area (Å²) >= 11 is 0. The molecule has 0 aliphatic carbocycles. The summed E-state index contributed by atoms with van der Waals surface area (Å²) in [6.45, 7) is 4.45. The fourth-order valence-electron chi connectivity index (χ4n) is 3.65. The number of benzene rings is 1. The van der Waals surface area contributed by atoms with Crippen LogP contribution in [0.15, 0.2) is 23.0 Å². The molecular formula is C21H23N5O4. The predicted molar refractivity (Wildman–Crippen MR) is 110 cm³/mol. The number of aromatic nitrogens is 4. The van der Waals surface area contributed by atoms with Crippen molar-refractivity contribution in [2.45, 2.75) is 39.7 Å². The standard InChI is InChI=1S/C21H23N5O4/c1-4-9-30-15-6-5-13(11-26-16(27)7-8-17(26)28)10-14(15)19-22-20-18(21(29)23-19)12(2)24-25(20)3/h5-6,10H,4,7-9,11H2,1-3H3,(H,22,23,29). The van der Waals surface area contributed by atoms with Crippen LogP contribution in [0.5, 0.6) is 5.75 Å². The smallest absolute Gasteiger partial charge is 0.262 e. The highest BCUT2D eigenvalue weighted by atomic mass is 16.5. The van der Waals surface area contributed by atoms with Crippen molar-refractivity contribution in [1.29, 1.82) is 0 Å². The number of aryl methyl sites for hydroxylation is 2. The summed E-state index contributed by atoms with van der Waals surface area (Å²) in [6.07, 6.45) is 1.31. The highest BCUT2D eigenvalue weighted by Gasteiger charge is 2.29. The van der Waals surface area contributed by atoms with Crippen LogP contribution in [0.4, 0.5) is 0 Å². The van der Waals surface area contributed by atoms with Gasteiger partial charge in [-0.3, -0.25) is 19.3 Å². The average molecular weight is 409 g/mol. The van der Waals surface area contributed by atoms with Crippen molar-refractivity contribution in [2.75, 3.05) is 6.61 Å². The highest BCUT2D eigenvalue weighted by molar-refractivity contribution is 6.01. The maximum absolute atomic E-state index is 12.7. The van der Waals surface area contributed by atoms with Gasteiger partial charge in [0.15, 0.2) is 5.65 Å². The summed E-state index contributed by atoms with van der Waals surface area (Å²) in [5.41, 5.74) is 2.15. The fraction of sp³-hybridized carbons (Fsp3) is 0.381. The number of hydrogen-bond donors (Lipinski definition) is 1. The number of hydrogen-bond acceptors (Lipinski definition) is 6. The number of rotatable bonds is 6. The molecule has 1 N–H and O–H groups in total. The van der Waals surface area contributed by atoms with Gasteiger partial charge < -0.3 is 9.72 Å². The van der Waals surface area contributed by atoms with Gasteiger partial charge in [-0.25, -0.2) is 9.67 Å². The van der Waals surface area contributed by atoms with E-state index in [0.717, 1.165) is 12.0 Å². The largest absolute Gasteiger partial charge is 0.493 e. The van der Waals surface area contributed by atoms with Gasteiger partial charge >= 0.3 is 0 Å². The minimum absolute atomic E-state index is 0.175. The lowest BCUT2D eigenvalue weighted by atomic mass is 10.1. The van der Waals surface area contributed by atoms with Crippen molar-refractivity contribution in [1.82, 2.24) is 24.6 Å². The van der Waals surface area contributed by atoms with Gasteiger partial charge in [0.05, 0.1) is 24.4 Å². The van der Waals surface area contributed by atoms with Crippen LogP contribution in [0.2, 0.25) is 0 Å². The molecule has 9 nitrogen and oxygen atoms in total. The number of nitrogens with one attached hydrogen (secondary N) is 1. The van der Waals surface area contributed by atoms with E-state index >= 15 is 0 Å². The van der Waals surface area contributed by atoms with E-state index in [-0.39, 0.29) is 36.8 Å².